The average Bonchev–Trinajstić information content (AvgIpc) is 3.14. The van der Waals surface area contributed by atoms with Gasteiger partial charge in [-0.25, -0.2) is 0 Å². The molecule has 0 amide bonds. The highest BCUT2D eigenvalue weighted by Crippen LogP contribution is 2.33. The van der Waals surface area contributed by atoms with E-state index in [2.05, 4.69) is 13.8 Å². The number of Topliss-reactive ketones (excluding diaryl/α,β-unsaturated/α-hetero) is 2. The number of aliphatic carboxylic acids is 1. The molecule has 0 bridgehead atoms. The van der Waals surface area contributed by atoms with E-state index in [0.717, 1.165) is 50.7 Å². The second-order valence-electron chi connectivity index (χ2n) is 7.87. The number of aryl methyl sites for hydroxylation is 1. The lowest BCUT2D eigenvalue weighted by molar-refractivity contribution is -0.138. The van der Waals surface area contributed by atoms with Crippen LogP contribution < -0.4 is 0 Å². The Labute approximate surface area is 168 Å². The molecular formula is C23H36O5. The van der Waals surface area contributed by atoms with E-state index in [9.17, 15) is 14.4 Å². The normalized spacial score (nSPS) is 13.2. The Morgan fingerprint density at radius 3 is 2.25 bits per heavy atom. The number of rotatable bonds is 16. The molecule has 5 heteroatoms. The Bertz CT molecular complexity index is 631. The van der Waals surface area contributed by atoms with Gasteiger partial charge < -0.3 is 9.52 Å². The molecule has 1 unspecified atom stereocenters. The minimum Gasteiger partial charge on any atom is -0.481 e. The van der Waals surface area contributed by atoms with E-state index in [1.54, 1.807) is 13.0 Å². The minimum atomic E-state index is -1.01. The van der Waals surface area contributed by atoms with Gasteiger partial charge in [-0.2, -0.15) is 0 Å². The Morgan fingerprint density at radius 2 is 1.61 bits per heavy atom. The highest BCUT2D eigenvalue weighted by Gasteiger charge is 2.38. The predicted octanol–water partition coefficient (Wildman–Crippen LogP) is 5.63. The minimum absolute atomic E-state index is 0.0992. The molecule has 1 aromatic heterocycles. The van der Waals surface area contributed by atoms with Crippen molar-refractivity contribution in [1.82, 2.24) is 0 Å². The van der Waals surface area contributed by atoms with Crippen LogP contribution in [0.4, 0.5) is 0 Å². The lowest BCUT2D eigenvalue weighted by Gasteiger charge is -2.25. The summed E-state index contributed by atoms with van der Waals surface area (Å²) in [7, 11) is 0. The zero-order valence-electron chi connectivity index (χ0n) is 17.7. The van der Waals surface area contributed by atoms with E-state index >= 15 is 0 Å². The molecule has 1 rings (SSSR count). The highest BCUT2D eigenvalue weighted by atomic mass is 16.4. The van der Waals surface area contributed by atoms with Crippen LogP contribution in [0.25, 0.3) is 0 Å². The van der Waals surface area contributed by atoms with Crippen molar-refractivity contribution in [2.24, 2.45) is 0 Å². The van der Waals surface area contributed by atoms with Crippen molar-refractivity contribution in [2.45, 2.75) is 103 Å². The first-order valence-electron chi connectivity index (χ1n) is 10.7. The molecule has 0 aromatic carbocycles. The number of carbonyl (C=O) groups is 3. The molecule has 158 valence electrons. The zero-order valence-corrected chi connectivity index (χ0v) is 17.7. The number of hydrogen-bond acceptors (Lipinski definition) is 4. The van der Waals surface area contributed by atoms with Crippen LogP contribution >= 0.6 is 0 Å². The maximum atomic E-state index is 13.0. The third-order valence-electron chi connectivity index (χ3n) is 5.38. The Balaban J connectivity index is 2.80. The summed E-state index contributed by atoms with van der Waals surface area (Å²) >= 11 is 0. The van der Waals surface area contributed by atoms with Crippen molar-refractivity contribution in [1.29, 1.82) is 0 Å². The van der Waals surface area contributed by atoms with Crippen LogP contribution in [-0.2, 0) is 26.2 Å². The first-order valence-corrected chi connectivity index (χ1v) is 10.7. The highest BCUT2D eigenvalue weighted by molar-refractivity contribution is 5.92. The molecular weight excluding hydrogens is 356 g/mol. The van der Waals surface area contributed by atoms with Gasteiger partial charge in [-0.05, 0) is 38.3 Å². The van der Waals surface area contributed by atoms with Gasteiger partial charge in [-0.15, -0.1) is 0 Å². The molecule has 1 atom stereocenters. The summed E-state index contributed by atoms with van der Waals surface area (Å²) in [6.07, 6.45) is 7.92. The summed E-state index contributed by atoms with van der Waals surface area (Å²) in [4.78, 5) is 36.1. The molecule has 0 aliphatic carbocycles. The van der Waals surface area contributed by atoms with E-state index in [4.69, 9.17) is 9.52 Å². The van der Waals surface area contributed by atoms with Crippen molar-refractivity contribution in [2.75, 3.05) is 0 Å². The molecule has 0 fully saturated rings. The van der Waals surface area contributed by atoms with Crippen LogP contribution in [0.2, 0.25) is 0 Å². The van der Waals surface area contributed by atoms with Gasteiger partial charge in [0.05, 0.1) is 5.41 Å². The summed E-state index contributed by atoms with van der Waals surface area (Å²) in [5.41, 5.74) is -1.01. The number of hydrogen-bond donors (Lipinski definition) is 1. The SMILES string of the molecule is CCCCCC(=O)CCC(=O)C(C)(CCC(=O)O)c1ccc(CCCCC)o1. The van der Waals surface area contributed by atoms with E-state index in [1.165, 1.54) is 0 Å². The van der Waals surface area contributed by atoms with Crippen molar-refractivity contribution in [3.8, 4) is 0 Å². The second-order valence-corrected chi connectivity index (χ2v) is 7.87. The van der Waals surface area contributed by atoms with E-state index < -0.39 is 11.4 Å². The average molecular weight is 393 g/mol. The molecule has 0 spiro atoms. The third kappa shape index (κ3) is 7.99. The van der Waals surface area contributed by atoms with Gasteiger partial charge in [0.25, 0.3) is 0 Å². The van der Waals surface area contributed by atoms with E-state index in [0.29, 0.717) is 12.2 Å². The second kappa shape index (κ2) is 12.5. The van der Waals surface area contributed by atoms with Gasteiger partial charge in [0, 0.05) is 32.1 Å². The lowest BCUT2D eigenvalue weighted by atomic mass is 9.77. The smallest absolute Gasteiger partial charge is 0.303 e. The van der Waals surface area contributed by atoms with E-state index in [-0.39, 0.29) is 37.2 Å². The molecule has 1 N–H and O–H groups in total. The molecule has 5 nitrogen and oxygen atoms in total. The fourth-order valence-electron chi connectivity index (χ4n) is 3.34. The van der Waals surface area contributed by atoms with E-state index in [1.807, 2.05) is 6.07 Å². The van der Waals surface area contributed by atoms with Crippen molar-refractivity contribution in [3.05, 3.63) is 23.7 Å². The van der Waals surface area contributed by atoms with Crippen LogP contribution in [0.1, 0.15) is 103 Å². The van der Waals surface area contributed by atoms with Crippen molar-refractivity contribution < 1.29 is 23.9 Å². The summed E-state index contributed by atoms with van der Waals surface area (Å²) in [6, 6.07) is 3.68. The molecule has 1 heterocycles. The fraction of sp³-hybridized carbons (Fsp3) is 0.696. The van der Waals surface area contributed by atoms with Crippen LogP contribution in [0.5, 0.6) is 0 Å². The quantitative estimate of drug-likeness (QED) is 0.368. The third-order valence-corrected chi connectivity index (χ3v) is 5.38. The molecule has 0 aliphatic rings. The number of ketones is 2. The standard InChI is InChI=1S/C23H36O5/c1-4-6-8-10-18(24)12-14-20(25)23(3,17-16-22(26)27)21-15-13-19(28-21)11-9-7-5-2/h13,15H,4-12,14,16-17H2,1-3H3,(H,26,27). The van der Waals surface area contributed by atoms with Gasteiger partial charge in [0.2, 0.25) is 0 Å². The van der Waals surface area contributed by atoms with Gasteiger partial charge in [-0.1, -0.05) is 39.5 Å². The number of carboxylic acid groups (broad SMARTS) is 1. The lowest BCUT2D eigenvalue weighted by Crippen LogP contribution is -2.33. The monoisotopic (exact) mass is 392 g/mol. The Morgan fingerprint density at radius 1 is 0.929 bits per heavy atom. The molecule has 0 radical (unpaired) electrons. The Hall–Kier alpha value is -1.91. The van der Waals surface area contributed by atoms with Gasteiger partial charge >= 0.3 is 5.97 Å². The summed E-state index contributed by atoms with van der Waals surface area (Å²) in [6.45, 7) is 5.97. The van der Waals surface area contributed by atoms with Crippen molar-refractivity contribution >= 4 is 17.5 Å². The molecule has 0 aliphatic heterocycles. The number of unbranched alkanes of at least 4 members (excludes halogenated alkanes) is 4. The van der Waals surface area contributed by atoms with Crippen LogP contribution in [0, 0.1) is 0 Å². The first-order chi connectivity index (χ1) is 13.3. The largest absolute Gasteiger partial charge is 0.481 e. The number of carbonyl (C=O) groups excluding carboxylic acids is 2. The predicted molar refractivity (Wildman–Crippen MR) is 110 cm³/mol. The zero-order chi connectivity index (χ0) is 21.0. The maximum Gasteiger partial charge on any atom is 0.303 e. The first kappa shape index (κ1) is 24.1. The van der Waals surface area contributed by atoms with Gasteiger partial charge in [0.15, 0.2) is 0 Å². The van der Waals surface area contributed by atoms with Crippen molar-refractivity contribution in [3.63, 3.8) is 0 Å². The summed E-state index contributed by atoms with van der Waals surface area (Å²) < 4.78 is 5.94. The fourth-order valence-corrected chi connectivity index (χ4v) is 3.34. The van der Waals surface area contributed by atoms with Crippen LogP contribution in [-0.4, -0.2) is 22.6 Å². The molecule has 0 saturated heterocycles. The Kier molecular flexibility index (Phi) is 10.8. The number of carboxylic acids is 1. The summed E-state index contributed by atoms with van der Waals surface area (Å²) in [5.74, 6) is 0.385. The summed E-state index contributed by atoms with van der Waals surface area (Å²) in [5, 5.41) is 9.10. The molecule has 1 aromatic rings. The van der Waals surface area contributed by atoms with Gasteiger partial charge in [0.1, 0.15) is 23.1 Å². The maximum absolute atomic E-state index is 13.0. The van der Waals surface area contributed by atoms with Crippen LogP contribution in [0.15, 0.2) is 16.5 Å². The van der Waals surface area contributed by atoms with Gasteiger partial charge in [-0.3, -0.25) is 14.4 Å². The molecule has 0 saturated carbocycles. The van der Waals surface area contributed by atoms with Crippen LogP contribution in [0.3, 0.4) is 0 Å². The number of furan rings is 1. The topological polar surface area (TPSA) is 84.6 Å². The molecule has 28 heavy (non-hydrogen) atoms.